The number of hydrogen-bond donors (Lipinski definition) is 1. The molecule has 1 fully saturated rings. The summed E-state index contributed by atoms with van der Waals surface area (Å²) in [6, 6.07) is 6.86. The zero-order valence-electron chi connectivity index (χ0n) is 12.8. The molecule has 0 aliphatic carbocycles. The van der Waals surface area contributed by atoms with Crippen molar-refractivity contribution >= 4 is 11.8 Å². The molecule has 6 nitrogen and oxygen atoms in total. The highest BCUT2D eigenvalue weighted by Crippen LogP contribution is 2.18. The van der Waals surface area contributed by atoms with Gasteiger partial charge in [0.15, 0.2) is 5.76 Å². The number of carbonyl (C=O) groups is 2. The number of nitrogens with zero attached hydrogens (tertiary/aromatic N) is 2. The summed E-state index contributed by atoms with van der Waals surface area (Å²) in [6.07, 6.45) is 6.65. The Balaban J connectivity index is 1.54. The molecule has 0 radical (unpaired) electrons. The van der Waals surface area contributed by atoms with Crippen molar-refractivity contribution in [2.24, 2.45) is 5.92 Å². The van der Waals surface area contributed by atoms with Crippen molar-refractivity contribution in [3.63, 3.8) is 0 Å². The Labute approximate surface area is 134 Å². The van der Waals surface area contributed by atoms with E-state index in [1.54, 1.807) is 36.7 Å². The van der Waals surface area contributed by atoms with Gasteiger partial charge in [-0.1, -0.05) is 0 Å². The number of piperidine rings is 1. The van der Waals surface area contributed by atoms with Gasteiger partial charge in [-0.05, 0) is 43.0 Å². The predicted octanol–water partition coefficient (Wildman–Crippen LogP) is 1.96. The van der Waals surface area contributed by atoms with E-state index in [-0.39, 0.29) is 17.7 Å². The first kappa shape index (κ1) is 15.3. The maximum Gasteiger partial charge on any atom is 0.286 e. The lowest BCUT2D eigenvalue weighted by Crippen LogP contribution is -2.43. The number of carbonyl (C=O) groups excluding carboxylic acids is 2. The summed E-state index contributed by atoms with van der Waals surface area (Å²) in [5.41, 5.74) is 0.604. The Bertz CT molecular complexity index is 655. The number of amides is 2. The van der Waals surface area contributed by atoms with Gasteiger partial charge in [-0.2, -0.15) is 0 Å². The average molecular weight is 313 g/mol. The van der Waals surface area contributed by atoms with Gasteiger partial charge in [-0.3, -0.25) is 14.6 Å². The molecule has 1 aliphatic heterocycles. The van der Waals surface area contributed by atoms with Gasteiger partial charge in [0, 0.05) is 32.0 Å². The van der Waals surface area contributed by atoms with E-state index in [0.717, 1.165) is 19.4 Å². The van der Waals surface area contributed by atoms with Gasteiger partial charge in [0.2, 0.25) is 0 Å². The van der Waals surface area contributed by atoms with Crippen molar-refractivity contribution in [1.29, 1.82) is 0 Å². The van der Waals surface area contributed by atoms with Gasteiger partial charge < -0.3 is 14.6 Å². The molecule has 0 aromatic carbocycles. The van der Waals surface area contributed by atoms with Gasteiger partial charge in [-0.15, -0.1) is 0 Å². The molecule has 0 spiro atoms. The van der Waals surface area contributed by atoms with Crippen LogP contribution in [0.1, 0.15) is 33.8 Å². The monoisotopic (exact) mass is 313 g/mol. The number of nitrogens with one attached hydrogen (secondary N) is 1. The topological polar surface area (TPSA) is 75.4 Å². The third-order valence-electron chi connectivity index (χ3n) is 4.01. The average Bonchev–Trinajstić information content (AvgIpc) is 3.15. The van der Waals surface area contributed by atoms with Gasteiger partial charge in [0.1, 0.15) is 0 Å². The molecule has 2 aromatic heterocycles. The normalized spacial score (nSPS) is 17.7. The maximum atomic E-state index is 12.5. The van der Waals surface area contributed by atoms with E-state index in [1.807, 2.05) is 4.90 Å². The third kappa shape index (κ3) is 3.77. The Morgan fingerprint density at radius 1 is 1.35 bits per heavy atom. The number of likely N-dealkylation sites (tertiary alicyclic amines) is 1. The molecule has 1 aliphatic rings. The van der Waals surface area contributed by atoms with Gasteiger partial charge in [0.05, 0.1) is 11.8 Å². The minimum Gasteiger partial charge on any atom is -0.459 e. The van der Waals surface area contributed by atoms with Crippen LogP contribution in [-0.4, -0.2) is 41.3 Å². The second-order valence-corrected chi connectivity index (χ2v) is 5.69. The first-order valence-corrected chi connectivity index (χ1v) is 7.75. The summed E-state index contributed by atoms with van der Waals surface area (Å²) in [6.45, 7) is 1.93. The fourth-order valence-electron chi connectivity index (χ4n) is 2.82. The lowest BCUT2D eigenvalue weighted by Gasteiger charge is -2.32. The van der Waals surface area contributed by atoms with Crippen LogP contribution in [0.15, 0.2) is 47.3 Å². The van der Waals surface area contributed by atoms with Crippen molar-refractivity contribution in [2.45, 2.75) is 12.8 Å². The van der Waals surface area contributed by atoms with Crippen LogP contribution in [0.2, 0.25) is 0 Å². The van der Waals surface area contributed by atoms with Crippen molar-refractivity contribution in [3.05, 3.63) is 54.2 Å². The minimum atomic E-state index is -0.217. The van der Waals surface area contributed by atoms with E-state index in [4.69, 9.17) is 4.42 Å². The summed E-state index contributed by atoms with van der Waals surface area (Å²) in [5, 5.41) is 2.87. The number of aromatic nitrogens is 1. The molecule has 3 heterocycles. The highest BCUT2D eigenvalue weighted by atomic mass is 16.3. The molecular weight excluding hydrogens is 294 g/mol. The SMILES string of the molecule is O=C(NC[C@H]1CCCN(C(=O)c2cccnc2)C1)c1ccco1. The van der Waals surface area contributed by atoms with Crippen molar-refractivity contribution in [2.75, 3.05) is 19.6 Å². The lowest BCUT2D eigenvalue weighted by atomic mass is 9.97. The smallest absolute Gasteiger partial charge is 0.286 e. The molecule has 0 bridgehead atoms. The van der Waals surface area contributed by atoms with Crippen LogP contribution in [0.25, 0.3) is 0 Å². The molecule has 3 rings (SSSR count). The molecule has 0 saturated carbocycles. The van der Waals surface area contributed by atoms with Crippen LogP contribution in [-0.2, 0) is 0 Å². The Morgan fingerprint density at radius 3 is 3.00 bits per heavy atom. The number of hydrogen-bond acceptors (Lipinski definition) is 4. The van der Waals surface area contributed by atoms with Crippen LogP contribution >= 0.6 is 0 Å². The maximum absolute atomic E-state index is 12.5. The van der Waals surface area contributed by atoms with E-state index < -0.39 is 0 Å². The van der Waals surface area contributed by atoms with E-state index >= 15 is 0 Å². The van der Waals surface area contributed by atoms with Crippen molar-refractivity contribution < 1.29 is 14.0 Å². The Kier molecular flexibility index (Phi) is 4.71. The first-order chi connectivity index (χ1) is 11.2. The molecule has 0 unspecified atom stereocenters. The van der Waals surface area contributed by atoms with Gasteiger partial charge in [-0.25, -0.2) is 0 Å². The van der Waals surface area contributed by atoms with E-state index in [9.17, 15) is 9.59 Å². The van der Waals surface area contributed by atoms with Crippen molar-refractivity contribution in [3.8, 4) is 0 Å². The number of pyridine rings is 1. The van der Waals surface area contributed by atoms with Crippen LogP contribution in [0, 0.1) is 5.92 Å². The zero-order chi connectivity index (χ0) is 16.1. The Hall–Kier alpha value is -2.63. The summed E-state index contributed by atoms with van der Waals surface area (Å²) >= 11 is 0. The summed E-state index contributed by atoms with van der Waals surface area (Å²) in [5.74, 6) is 0.346. The third-order valence-corrected chi connectivity index (χ3v) is 4.01. The zero-order valence-corrected chi connectivity index (χ0v) is 12.8. The number of furan rings is 1. The second-order valence-electron chi connectivity index (χ2n) is 5.69. The van der Waals surface area contributed by atoms with Crippen LogP contribution in [0.4, 0.5) is 0 Å². The molecule has 1 N–H and O–H groups in total. The fourth-order valence-corrected chi connectivity index (χ4v) is 2.82. The highest BCUT2D eigenvalue weighted by molar-refractivity contribution is 5.94. The molecular formula is C17H19N3O3. The van der Waals surface area contributed by atoms with Crippen molar-refractivity contribution in [1.82, 2.24) is 15.2 Å². The summed E-state index contributed by atoms with van der Waals surface area (Å²) in [4.78, 5) is 30.2. The standard InChI is InChI=1S/C17H19N3O3/c21-16(15-6-3-9-23-15)19-10-13-4-2-8-20(12-13)17(22)14-5-1-7-18-11-14/h1,3,5-7,9,11,13H,2,4,8,10,12H2,(H,19,21)/t13-/m1/s1. The van der Waals surface area contributed by atoms with Gasteiger partial charge >= 0.3 is 0 Å². The van der Waals surface area contributed by atoms with E-state index in [2.05, 4.69) is 10.3 Å². The Morgan fingerprint density at radius 2 is 2.26 bits per heavy atom. The second kappa shape index (κ2) is 7.09. The van der Waals surface area contributed by atoms with E-state index in [0.29, 0.717) is 24.4 Å². The van der Waals surface area contributed by atoms with Crippen LogP contribution in [0.5, 0.6) is 0 Å². The molecule has 120 valence electrons. The highest BCUT2D eigenvalue weighted by Gasteiger charge is 2.25. The quantitative estimate of drug-likeness (QED) is 0.936. The summed E-state index contributed by atoms with van der Waals surface area (Å²) in [7, 11) is 0. The fraction of sp³-hybridized carbons (Fsp3) is 0.353. The number of rotatable bonds is 4. The van der Waals surface area contributed by atoms with E-state index in [1.165, 1.54) is 6.26 Å². The van der Waals surface area contributed by atoms with Crippen LogP contribution in [0.3, 0.4) is 0 Å². The molecule has 6 heteroatoms. The first-order valence-electron chi connectivity index (χ1n) is 7.75. The van der Waals surface area contributed by atoms with Crippen LogP contribution < -0.4 is 5.32 Å². The van der Waals surface area contributed by atoms with Gasteiger partial charge in [0.25, 0.3) is 11.8 Å². The largest absolute Gasteiger partial charge is 0.459 e. The minimum absolute atomic E-state index is 0.000149. The molecule has 1 saturated heterocycles. The summed E-state index contributed by atoms with van der Waals surface area (Å²) < 4.78 is 5.07. The lowest BCUT2D eigenvalue weighted by molar-refractivity contribution is 0.0669. The molecule has 2 aromatic rings. The molecule has 1 atom stereocenters. The predicted molar refractivity (Wildman–Crippen MR) is 83.9 cm³/mol. The molecule has 23 heavy (non-hydrogen) atoms. The molecule has 2 amide bonds.